The van der Waals surface area contributed by atoms with Crippen molar-refractivity contribution in [3.05, 3.63) is 30.2 Å². The molecule has 2 N–H and O–H groups in total. The lowest BCUT2D eigenvalue weighted by Crippen LogP contribution is -2.35. The molecule has 20 heavy (non-hydrogen) atoms. The Bertz CT molecular complexity index is 587. The van der Waals surface area contributed by atoms with E-state index in [0.29, 0.717) is 17.6 Å². The molecule has 0 spiro atoms. The van der Waals surface area contributed by atoms with Gasteiger partial charge < -0.3 is 10.3 Å². The van der Waals surface area contributed by atoms with Crippen molar-refractivity contribution in [2.75, 3.05) is 5.75 Å². The van der Waals surface area contributed by atoms with Crippen LogP contribution in [0.25, 0.3) is 11.4 Å². The molecule has 1 heterocycles. The zero-order valence-corrected chi connectivity index (χ0v) is 12.6. The van der Waals surface area contributed by atoms with Crippen LogP contribution in [0, 0.1) is 5.92 Å². The monoisotopic (exact) mass is 289 g/mol. The van der Waals surface area contributed by atoms with Gasteiger partial charge in [0.25, 0.3) is 0 Å². The highest BCUT2D eigenvalue weighted by molar-refractivity contribution is 7.99. The Hall–Kier alpha value is -1.33. The molecule has 5 heteroatoms. The molecule has 1 aliphatic carbocycles. The number of aromatic nitrogens is 2. The maximum atomic E-state index is 6.30. The maximum absolute atomic E-state index is 6.30. The Morgan fingerprint density at radius 1 is 1.35 bits per heavy atom. The van der Waals surface area contributed by atoms with Gasteiger partial charge in [-0.1, -0.05) is 12.1 Å². The number of rotatable bonds is 5. The first-order valence-electron chi connectivity index (χ1n) is 6.97. The summed E-state index contributed by atoms with van der Waals surface area (Å²) in [6, 6.07) is 8.22. The lowest BCUT2D eigenvalue weighted by molar-refractivity contribution is 0.273. The fraction of sp³-hybridized carbons (Fsp3) is 0.467. The average Bonchev–Trinajstić information content (AvgIpc) is 3.18. The van der Waals surface area contributed by atoms with Gasteiger partial charge in [-0.15, -0.1) is 11.8 Å². The molecule has 1 saturated carbocycles. The van der Waals surface area contributed by atoms with Crippen molar-refractivity contribution in [2.24, 2.45) is 11.7 Å². The van der Waals surface area contributed by atoms with Crippen molar-refractivity contribution in [1.82, 2.24) is 10.1 Å². The molecule has 1 atom stereocenters. The molecule has 0 amide bonds. The van der Waals surface area contributed by atoms with Crippen LogP contribution in [-0.4, -0.2) is 15.9 Å². The molecule has 2 aromatic rings. The van der Waals surface area contributed by atoms with Crippen molar-refractivity contribution in [3.8, 4) is 11.4 Å². The first-order chi connectivity index (χ1) is 9.61. The standard InChI is InChI=1S/C15H19N3OS/c1-3-20-12-8-4-10(5-9-12)13-17-14(19-18-13)15(2,16)11-6-7-11/h4-5,8-9,11H,3,6-7,16H2,1-2H3. The topological polar surface area (TPSA) is 64.9 Å². The summed E-state index contributed by atoms with van der Waals surface area (Å²) in [6.07, 6.45) is 2.29. The van der Waals surface area contributed by atoms with E-state index in [4.69, 9.17) is 10.3 Å². The first kappa shape index (κ1) is 13.6. The van der Waals surface area contributed by atoms with E-state index in [-0.39, 0.29) is 0 Å². The van der Waals surface area contributed by atoms with Gasteiger partial charge in [0, 0.05) is 10.5 Å². The summed E-state index contributed by atoms with van der Waals surface area (Å²) in [5, 5.41) is 4.07. The molecule has 0 bridgehead atoms. The third-order valence-corrected chi connectivity index (χ3v) is 4.63. The van der Waals surface area contributed by atoms with Crippen molar-refractivity contribution < 1.29 is 4.52 Å². The van der Waals surface area contributed by atoms with E-state index >= 15 is 0 Å². The Kier molecular flexibility index (Phi) is 3.56. The van der Waals surface area contributed by atoms with Gasteiger partial charge in [0.05, 0.1) is 5.54 Å². The second kappa shape index (κ2) is 5.22. The number of benzene rings is 1. The van der Waals surface area contributed by atoms with Gasteiger partial charge in [-0.3, -0.25) is 0 Å². The van der Waals surface area contributed by atoms with Gasteiger partial charge in [-0.2, -0.15) is 4.98 Å². The van der Waals surface area contributed by atoms with Gasteiger partial charge in [0.15, 0.2) is 0 Å². The predicted octanol–water partition coefficient (Wildman–Crippen LogP) is 3.43. The summed E-state index contributed by atoms with van der Waals surface area (Å²) >= 11 is 1.82. The summed E-state index contributed by atoms with van der Waals surface area (Å²) in [5.41, 5.74) is 6.77. The SMILES string of the molecule is CCSc1ccc(-c2noc(C(C)(N)C3CC3)n2)cc1. The second-order valence-corrected chi connectivity index (χ2v) is 6.77. The molecule has 1 unspecified atom stereocenters. The van der Waals surface area contributed by atoms with E-state index in [2.05, 4.69) is 29.2 Å². The zero-order valence-electron chi connectivity index (χ0n) is 11.8. The van der Waals surface area contributed by atoms with Crippen LogP contribution < -0.4 is 5.73 Å². The summed E-state index contributed by atoms with van der Waals surface area (Å²) in [7, 11) is 0. The van der Waals surface area contributed by atoms with Crippen LogP contribution in [0.4, 0.5) is 0 Å². The van der Waals surface area contributed by atoms with Gasteiger partial charge in [0.1, 0.15) is 0 Å². The van der Waals surface area contributed by atoms with Crippen LogP contribution in [0.5, 0.6) is 0 Å². The van der Waals surface area contributed by atoms with E-state index in [1.807, 2.05) is 30.8 Å². The first-order valence-corrected chi connectivity index (χ1v) is 7.96. The zero-order chi connectivity index (χ0) is 14.2. The number of hydrogen-bond acceptors (Lipinski definition) is 5. The van der Waals surface area contributed by atoms with Crippen LogP contribution >= 0.6 is 11.8 Å². The summed E-state index contributed by atoms with van der Waals surface area (Å²) in [5.74, 6) is 2.70. The van der Waals surface area contributed by atoms with E-state index in [1.54, 1.807) is 0 Å². The molecule has 0 radical (unpaired) electrons. The van der Waals surface area contributed by atoms with Crippen LogP contribution in [0.3, 0.4) is 0 Å². The van der Waals surface area contributed by atoms with Gasteiger partial charge >= 0.3 is 0 Å². The molecule has 1 aromatic carbocycles. The van der Waals surface area contributed by atoms with Crippen molar-refractivity contribution in [1.29, 1.82) is 0 Å². The molecule has 1 aliphatic rings. The molecule has 4 nitrogen and oxygen atoms in total. The normalized spacial score (nSPS) is 17.9. The summed E-state index contributed by atoms with van der Waals surface area (Å²) in [4.78, 5) is 5.73. The predicted molar refractivity (Wildman–Crippen MR) is 80.4 cm³/mol. The summed E-state index contributed by atoms with van der Waals surface area (Å²) < 4.78 is 5.37. The molecular weight excluding hydrogens is 270 g/mol. The fourth-order valence-corrected chi connectivity index (χ4v) is 2.95. The number of thioether (sulfide) groups is 1. The van der Waals surface area contributed by atoms with E-state index < -0.39 is 5.54 Å². The van der Waals surface area contributed by atoms with Crippen LogP contribution in [0.15, 0.2) is 33.7 Å². The quantitative estimate of drug-likeness (QED) is 0.854. The Morgan fingerprint density at radius 3 is 2.65 bits per heavy atom. The molecule has 0 saturated heterocycles. The lowest BCUT2D eigenvalue weighted by atomic mass is 9.97. The maximum Gasteiger partial charge on any atom is 0.247 e. The highest BCUT2D eigenvalue weighted by Gasteiger charge is 2.43. The number of hydrogen-bond donors (Lipinski definition) is 1. The fourth-order valence-electron chi connectivity index (χ4n) is 2.28. The van der Waals surface area contributed by atoms with Gasteiger partial charge in [0.2, 0.25) is 11.7 Å². The highest BCUT2D eigenvalue weighted by atomic mass is 32.2. The molecule has 3 rings (SSSR count). The lowest BCUT2D eigenvalue weighted by Gasteiger charge is -2.18. The van der Waals surface area contributed by atoms with Crippen molar-refractivity contribution in [3.63, 3.8) is 0 Å². The second-order valence-electron chi connectivity index (χ2n) is 5.44. The smallest absolute Gasteiger partial charge is 0.247 e. The van der Waals surface area contributed by atoms with Crippen molar-refractivity contribution in [2.45, 2.75) is 37.1 Å². The highest BCUT2D eigenvalue weighted by Crippen LogP contribution is 2.43. The van der Waals surface area contributed by atoms with E-state index in [1.165, 1.54) is 4.90 Å². The van der Waals surface area contributed by atoms with Gasteiger partial charge in [-0.05, 0) is 55.7 Å². The third-order valence-electron chi connectivity index (χ3n) is 3.74. The van der Waals surface area contributed by atoms with Crippen molar-refractivity contribution >= 4 is 11.8 Å². The van der Waals surface area contributed by atoms with E-state index in [9.17, 15) is 0 Å². The molecular formula is C15H19N3OS. The minimum atomic E-state index is -0.497. The Labute approximate surface area is 123 Å². The largest absolute Gasteiger partial charge is 0.337 e. The van der Waals surface area contributed by atoms with Crippen LogP contribution in [0.1, 0.15) is 32.6 Å². The summed E-state index contributed by atoms with van der Waals surface area (Å²) in [6.45, 7) is 4.12. The Balaban J connectivity index is 1.82. The number of nitrogens with two attached hydrogens (primary N) is 1. The van der Waals surface area contributed by atoms with Crippen LogP contribution in [-0.2, 0) is 5.54 Å². The van der Waals surface area contributed by atoms with Gasteiger partial charge in [-0.25, -0.2) is 0 Å². The van der Waals surface area contributed by atoms with Crippen LogP contribution in [0.2, 0.25) is 0 Å². The third kappa shape index (κ3) is 2.60. The molecule has 1 aromatic heterocycles. The molecule has 106 valence electrons. The minimum absolute atomic E-state index is 0.471. The number of nitrogens with zero attached hydrogens (tertiary/aromatic N) is 2. The minimum Gasteiger partial charge on any atom is -0.337 e. The molecule has 1 fully saturated rings. The Morgan fingerprint density at radius 2 is 2.05 bits per heavy atom. The van der Waals surface area contributed by atoms with E-state index in [0.717, 1.165) is 24.2 Å². The average molecular weight is 289 g/mol. The molecule has 0 aliphatic heterocycles.